The monoisotopic (exact) mass is 535 g/mol. The predicted octanol–water partition coefficient (Wildman–Crippen LogP) is 4.50. The molecule has 2 N–H and O–H groups in total. The first-order valence-electron chi connectivity index (χ1n) is 11.7. The Morgan fingerprint density at radius 3 is 2.43 bits per heavy atom. The van der Waals surface area contributed by atoms with Crippen LogP contribution in [0.2, 0.25) is 5.02 Å². The highest BCUT2D eigenvalue weighted by Gasteiger charge is 2.24. The summed E-state index contributed by atoms with van der Waals surface area (Å²) in [5.41, 5.74) is 5.85. The number of nitrogens with zero attached hydrogens (tertiary/aromatic N) is 3. The zero-order valence-electron chi connectivity index (χ0n) is 20.4. The fourth-order valence-corrected chi connectivity index (χ4v) is 4.47. The Hall–Kier alpha value is -3.82. The summed E-state index contributed by atoms with van der Waals surface area (Å²) in [6.07, 6.45) is 0.604. The third-order valence-electron chi connectivity index (χ3n) is 5.37. The van der Waals surface area contributed by atoms with Crippen molar-refractivity contribution in [1.29, 1.82) is 0 Å². The summed E-state index contributed by atoms with van der Waals surface area (Å²) in [5.74, 6) is 1.27. The second-order valence-electron chi connectivity index (χ2n) is 7.88. The molecule has 190 valence electrons. The topological polar surface area (TPSA) is 106 Å². The van der Waals surface area contributed by atoms with Crippen LogP contribution in [0.15, 0.2) is 83.1 Å². The third kappa shape index (κ3) is 6.69. The molecule has 8 nitrogen and oxygen atoms in total. The Bertz CT molecular complexity index is 1370. The van der Waals surface area contributed by atoms with E-state index in [1.54, 1.807) is 12.1 Å². The van der Waals surface area contributed by atoms with Crippen molar-refractivity contribution in [2.24, 2.45) is 5.10 Å². The van der Waals surface area contributed by atoms with Crippen molar-refractivity contribution >= 4 is 35.0 Å². The van der Waals surface area contributed by atoms with Gasteiger partial charge in [0.15, 0.2) is 0 Å². The predicted molar refractivity (Wildman–Crippen MR) is 143 cm³/mol. The van der Waals surface area contributed by atoms with Gasteiger partial charge >= 0.3 is 5.16 Å². The molecule has 0 bridgehead atoms. The van der Waals surface area contributed by atoms with E-state index in [2.05, 4.69) is 20.7 Å². The highest BCUT2D eigenvalue weighted by atomic mass is 35.5. The Morgan fingerprint density at radius 1 is 1.08 bits per heavy atom. The van der Waals surface area contributed by atoms with Crippen LogP contribution in [0, 0.1) is 0 Å². The molecule has 0 aliphatic carbocycles. The molecule has 0 aliphatic heterocycles. The van der Waals surface area contributed by atoms with Gasteiger partial charge in [-0.25, -0.2) is 5.43 Å². The van der Waals surface area contributed by atoms with E-state index in [4.69, 9.17) is 16.3 Å². The first kappa shape index (κ1) is 26.2. The zero-order chi connectivity index (χ0) is 26.2. The number of benzene rings is 3. The molecule has 0 fully saturated rings. The number of hydrogen-bond donors (Lipinski definition) is 2. The van der Waals surface area contributed by atoms with Crippen molar-refractivity contribution in [2.75, 3.05) is 12.4 Å². The van der Waals surface area contributed by atoms with E-state index in [0.29, 0.717) is 28.9 Å². The fourth-order valence-electron chi connectivity index (χ4n) is 3.58. The average Bonchev–Trinajstić information content (AvgIpc) is 3.34. The van der Waals surface area contributed by atoms with Gasteiger partial charge < -0.3 is 9.84 Å². The molecule has 4 rings (SSSR count). The molecule has 0 saturated carbocycles. The molecule has 0 radical (unpaired) electrons. The van der Waals surface area contributed by atoms with Gasteiger partial charge in [0.1, 0.15) is 11.4 Å². The number of hydrogen-bond acceptors (Lipinski definition) is 6. The van der Waals surface area contributed by atoms with E-state index in [0.717, 1.165) is 28.4 Å². The van der Waals surface area contributed by atoms with Crippen LogP contribution in [-0.4, -0.2) is 34.2 Å². The minimum atomic E-state index is -0.273. The minimum Gasteiger partial charge on any atom is -0.872 e. The number of ether oxygens (including phenoxy) is 1. The van der Waals surface area contributed by atoms with Crippen molar-refractivity contribution in [3.05, 3.63) is 83.4 Å². The number of nitrogens with one attached hydrogen (secondary N) is 2. The van der Waals surface area contributed by atoms with Gasteiger partial charge in [0, 0.05) is 5.02 Å². The lowest BCUT2D eigenvalue weighted by Crippen LogP contribution is -2.34. The molecular weight excluding hydrogens is 510 g/mol. The van der Waals surface area contributed by atoms with Crippen LogP contribution in [0.1, 0.15) is 25.8 Å². The van der Waals surface area contributed by atoms with E-state index in [-0.39, 0.29) is 17.4 Å². The maximum absolute atomic E-state index is 12.6. The summed E-state index contributed by atoms with van der Waals surface area (Å²) in [7, 11) is 0. The van der Waals surface area contributed by atoms with Gasteiger partial charge in [-0.2, -0.15) is 9.67 Å². The second-order valence-corrected chi connectivity index (χ2v) is 9.26. The molecule has 0 atom stereocenters. The van der Waals surface area contributed by atoms with Crippen LogP contribution in [-0.2, 0) is 4.79 Å². The van der Waals surface area contributed by atoms with Crippen LogP contribution < -0.4 is 19.8 Å². The molecule has 0 spiro atoms. The van der Waals surface area contributed by atoms with E-state index >= 15 is 0 Å². The standard InChI is InChI=1S/C27H26ClN5O3S/c1-3-24(18-7-13-22(34)14-8-18)29-30-25(35)17-37-27-32-31-26(19-5-9-20(28)10-6-19)33(27)21-11-15-23(16-12-21)36-4-2/h5-16H,3-4,17H2,1-2H3,(H2,29,30,34,35). The number of H-pyrrole nitrogens is 1. The minimum absolute atomic E-state index is 0.0718. The molecule has 37 heavy (non-hydrogen) atoms. The van der Waals surface area contributed by atoms with Crippen LogP contribution in [0.25, 0.3) is 17.1 Å². The summed E-state index contributed by atoms with van der Waals surface area (Å²) in [6, 6.07) is 21.5. The molecule has 0 aliphatic rings. The van der Waals surface area contributed by atoms with Gasteiger partial charge in [0.05, 0.1) is 28.7 Å². The number of aromatic nitrogens is 3. The van der Waals surface area contributed by atoms with Gasteiger partial charge in [0.2, 0.25) is 0 Å². The Morgan fingerprint density at radius 2 is 1.78 bits per heavy atom. The van der Waals surface area contributed by atoms with Crippen molar-refractivity contribution in [3.63, 3.8) is 0 Å². The zero-order valence-corrected chi connectivity index (χ0v) is 22.0. The average molecular weight is 536 g/mol. The molecule has 4 aromatic rings. The number of amides is 1. The molecule has 1 aromatic heterocycles. The molecule has 1 amide bonds. The van der Waals surface area contributed by atoms with Crippen LogP contribution in [0.4, 0.5) is 0 Å². The second kappa shape index (κ2) is 12.4. The molecule has 3 aromatic carbocycles. The lowest BCUT2D eigenvalue weighted by atomic mass is 10.1. The molecule has 1 heterocycles. The summed E-state index contributed by atoms with van der Waals surface area (Å²) >= 11 is 7.36. The molecular formula is C27H26ClN5O3S. The number of carbonyl (C=O) groups excluding carboxylic acids is 1. The Kier molecular flexibility index (Phi) is 8.81. The van der Waals surface area contributed by atoms with Gasteiger partial charge in [-0.1, -0.05) is 42.8 Å². The van der Waals surface area contributed by atoms with Crippen molar-refractivity contribution in [2.45, 2.75) is 25.4 Å². The lowest BCUT2D eigenvalue weighted by Gasteiger charge is -2.08. The lowest BCUT2D eigenvalue weighted by molar-refractivity contribution is -0.625. The summed E-state index contributed by atoms with van der Waals surface area (Å²) in [4.78, 5) is 12.6. The van der Waals surface area contributed by atoms with Crippen LogP contribution >= 0.6 is 23.4 Å². The number of thioether (sulfide) groups is 1. The van der Waals surface area contributed by atoms with Gasteiger partial charge in [-0.15, -0.1) is 10.8 Å². The maximum Gasteiger partial charge on any atom is 0.342 e. The van der Waals surface area contributed by atoms with Crippen molar-refractivity contribution < 1.29 is 19.2 Å². The molecule has 0 unspecified atom stereocenters. The molecule has 0 saturated heterocycles. The van der Waals surface area contributed by atoms with Crippen molar-refractivity contribution in [1.82, 2.24) is 15.6 Å². The quantitative estimate of drug-likeness (QED) is 0.135. The number of aromatic amines is 1. The molecule has 10 heteroatoms. The SMILES string of the molecule is CCOc1ccc(-[n+]2c(SCC(=O)N/N=C(/CC)c3ccc([O-])cc3)n[nH]c2-c2ccc(Cl)cc2)cc1. The third-order valence-corrected chi connectivity index (χ3v) is 6.56. The Labute approximate surface area is 224 Å². The van der Waals surface area contributed by atoms with Crippen LogP contribution in [0.3, 0.4) is 0 Å². The number of hydrazone groups is 1. The number of rotatable bonds is 10. The highest BCUT2D eigenvalue weighted by Crippen LogP contribution is 2.23. The highest BCUT2D eigenvalue weighted by molar-refractivity contribution is 7.99. The largest absolute Gasteiger partial charge is 0.872 e. The summed E-state index contributed by atoms with van der Waals surface area (Å²) < 4.78 is 7.52. The fraction of sp³-hybridized carbons (Fsp3) is 0.185. The normalized spacial score (nSPS) is 11.4. The van der Waals surface area contributed by atoms with Crippen LogP contribution in [0.5, 0.6) is 11.5 Å². The summed E-state index contributed by atoms with van der Waals surface area (Å²) in [6.45, 7) is 4.45. The van der Waals surface area contributed by atoms with Crippen molar-refractivity contribution in [3.8, 4) is 28.6 Å². The maximum atomic E-state index is 12.6. The van der Waals surface area contributed by atoms with E-state index < -0.39 is 0 Å². The smallest absolute Gasteiger partial charge is 0.342 e. The van der Waals surface area contributed by atoms with E-state index in [1.807, 2.05) is 66.9 Å². The first-order chi connectivity index (χ1) is 18.0. The number of carbonyl (C=O) groups is 1. The Balaban J connectivity index is 1.54. The summed E-state index contributed by atoms with van der Waals surface area (Å²) in [5, 5.41) is 24.4. The van der Waals surface area contributed by atoms with E-state index in [9.17, 15) is 9.90 Å². The van der Waals surface area contributed by atoms with Gasteiger partial charge in [-0.05, 0) is 79.2 Å². The number of halogens is 1. The first-order valence-corrected chi connectivity index (χ1v) is 13.1. The van der Waals surface area contributed by atoms with E-state index in [1.165, 1.54) is 23.9 Å². The van der Waals surface area contributed by atoms with Gasteiger partial charge in [-0.3, -0.25) is 4.79 Å². The van der Waals surface area contributed by atoms with Gasteiger partial charge in [0.25, 0.3) is 11.7 Å².